The first-order valence-electron chi connectivity index (χ1n) is 2.67. The largest absolute Gasteiger partial charge is 0.241 e. The quantitative estimate of drug-likeness (QED) is 0.227. The van der Waals surface area contributed by atoms with Crippen LogP contribution in [0.4, 0.5) is 4.39 Å². The summed E-state index contributed by atoms with van der Waals surface area (Å²) in [6.45, 7) is 5.02. The molecular formula is C5H10FN3. The second-order valence-corrected chi connectivity index (χ2v) is 2.91. The monoisotopic (exact) mass is 131 g/mol. The fraction of sp³-hybridized carbons (Fsp3) is 1.00. The number of azide groups is 1. The standard InChI is InChI=1S/C5H10FN3/c1-5(2,3)4(6)8-9-7/h4H,1-3H3. The molecule has 0 spiro atoms. The number of hydrogen-bond donors (Lipinski definition) is 0. The number of halogens is 1. The van der Waals surface area contributed by atoms with E-state index in [1.807, 2.05) is 0 Å². The van der Waals surface area contributed by atoms with Gasteiger partial charge in [-0.1, -0.05) is 25.9 Å². The summed E-state index contributed by atoms with van der Waals surface area (Å²) >= 11 is 0. The summed E-state index contributed by atoms with van der Waals surface area (Å²) in [6, 6.07) is 0. The smallest absolute Gasteiger partial charge is 0.183 e. The van der Waals surface area contributed by atoms with E-state index in [9.17, 15) is 4.39 Å². The van der Waals surface area contributed by atoms with Crippen LogP contribution in [0.15, 0.2) is 5.11 Å². The van der Waals surface area contributed by atoms with Crippen LogP contribution < -0.4 is 0 Å². The van der Waals surface area contributed by atoms with Crippen molar-refractivity contribution in [1.29, 1.82) is 0 Å². The highest BCUT2D eigenvalue weighted by molar-refractivity contribution is 4.70. The summed E-state index contributed by atoms with van der Waals surface area (Å²) in [5.74, 6) is 0. The van der Waals surface area contributed by atoms with Gasteiger partial charge in [0.05, 0.1) is 0 Å². The predicted molar refractivity (Wildman–Crippen MR) is 33.5 cm³/mol. The minimum absolute atomic E-state index is 0.577. The molecule has 0 aromatic rings. The summed E-state index contributed by atoms with van der Waals surface area (Å²) in [6.07, 6.45) is -1.43. The van der Waals surface area contributed by atoms with E-state index in [-0.39, 0.29) is 0 Å². The molecule has 0 aromatic carbocycles. The lowest BCUT2D eigenvalue weighted by Crippen LogP contribution is -2.18. The first-order chi connectivity index (χ1) is 3.98. The maximum absolute atomic E-state index is 12.5. The van der Waals surface area contributed by atoms with Crippen molar-refractivity contribution >= 4 is 0 Å². The van der Waals surface area contributed by atoms with Crippen molar-refractivity contribution in [3.05, 3.63) is 10.4 Å². The van der Waals surface area contributed by atoms with Crippen LogP contribution >= 0.6 is 0 Å². The van der Waals surface area contributed by atoms with Crippen LogP contribution in [-0.2, 0) is 0 Å². The minimum atomic E-state index is -1.43. The van der Waals surface area contributed by atoms with Gasteiger partial charge in [0.15, 0.2) is 6.30 Å². The fourth-order valence-corrected chi connectivity index (χ4v) is 0.219. The highest BCUT2D eigenvalue weighted by atomic mass is 19.1. The molecule has 0 heterocycles. The van der Waals surface area contributed by atoms with Gasteiger partial charge >= 0.3 is 0 Å². The molecule has 0 aliphatic heterocycles. The molecule has 52 valence electrons. The molecule has 0 aliphatic rings. The van der Waals surface area contributed by atoms with E-state index in [2.05, 4.69) is 10.0 Å². The molecular weight excluding hydrogens is 121 g/mol. The molecule has 4 heteroatoms. The first-order valence-corrected chi connectivity index (χ1v) is 2.67. The average molecular weight is 131 g/mol. The van der Waals surface area contributed by atoms with E-state index in [0.29, 0.717) is 0 Å². The fourth-order valence-electron chi connectivity index (χ4n) is 0.219. The van der Waals surface area contributed by atoms with Gasteiger partial charge in [-0.15, -0.1) is 0 Å². The molecule has 0 amide bonds. The van der Waals surface area contributed by atoms with Crippen molar-refractivity contribution in [2.75, 3.05) is 0 Å². The summed E-state index contributed by atoms with van der Waals surface area (Å²) in [5, 5.41) is 2.91. The topological polar surface area (TPSA) is 48.8 Å². The lowest BCUT2D eigenvalue weighted by atomic mass is 9.96. The molecule has 9 heavy (non-hydrogen) atoms. The molecule has 0 radical (unpaired) electrons. The molecule has 0 N–H and O–H groups in total. The van der Waals surface area contributed by atoms with Crippen LogP contribution in [0.2, 0.25) is 0 Å². The number of nitrogens with zero attached hydrogens (tertiary/aromatic N) is 3. The Kier molecular flexibility index (Phi) is 2.46. The van der Waals surface area contributed by atoms with Crippen molar-refractivity contribution in [2.45, 2.75) is 27.1 Å². The van der Waals surface area contributed by atoms with Gasteiger partial charge < -0.3 is 0 Å². The molecule has 1 unspecified atom stereocenters. The van der Waals surface area contributed by atoms with Crippen LogP contribution in [0, 0.1) is 5.41 Å². The van der Waals surface area contributed by atoms with Crippen molar-refractivity contribution in [3.8, 4) is 0 Å². The Morgan fingerprint density at radius 2 is 2.00 bits per heavy atom. The maximum Gasteiger partial charge on any atom is 0.183 e. The highest BCUT2D eigenvalue weighted by Crippen LogP contribution is 2.22. The van der Waals surface area contributed by atoms with Crippen molar-refractivity contribution in [3.63, 3.8) is 0 Å². The zero-order valence-electron chi connectivity index (χ0n) is 5.80. The van der Waals surface area contributed by atoms with Crippen LogP contribution in [0.25, 0.3) is 10.4 Å². The lowest BCUT2D eigenvalue weighted by molar-refractivity contribution is 0.169. The Labute approximate surface area is 53.5 Å². The maximum atomic E-state index is 12.5. The lowest BCUT2D eigenvalue weighted by Gasteiger charge is -2.18. The number of alkyl halides is 1. The van der Waals surface area contributed by atoms with Crippen LogP contribution in [0.1, 0.15) is 20.8 Å². The molecule has 0 aliphatic carbocycles. The van der Waals surface area contributed by atoms with Crippen LogP contribution in [0.3, 0.4) is 0 Å². The molecule has 3 nitrogen and oxygen atoms in total. The van der Waals surface area contributed by atoms with Gasteiger partial charge in [0, 0.05) is 4.91 Å². The van der Waals surface area contributed by atoms with Gasteiger partial charge in [-0.05, 0) is 10.9 Å². The van der Waals surface area contributed by atoms with Crippen molar-refractivity contribution in [2.24, 2.45) is 10.5 Å². The molecule has 0 fully saturated rings. The Morgan fingerprint density at radius 3 is 2.11 bits per heavy atom. The number of hydrogen-bond acceptors (Lipinski definition) is 1. The number of rotatable bonds is 1. The Bertz CT molecular complexity index is 132. The van der Waals surface area contributed by atoms with E-state index < -0.39 is 11.7 Å². The van der Waals surface area contributed by atoms with Crippen LogP contribution in [0.5, 0.6) is 0 Å². The van der Waals surface area contributed by atoms with Crippen molar-refractivity contribution < 1.29 is 4.39 Å². The zero-order valence-corrected chi connectivity index (χ0v) is 5.80. The second-order valence-electron chi connectivity index (χ2n) is 2.91. The molecule has 0 saturated heterocycles. The van der Waals surface area contributed by atoms with Gasteiger partial charge in [-0.25, -0.2) is 4.39 Å². The van der Waals surface area contributed by atoms with Gasteiger partial charge in [-0.2, -0.15) is 0 Å². The van der Waals surface area contributed by atoms with E-state index in [4.69, 9.17) is 5.53 Å². The van der Waals surface area contributed by atoms with E-state index in [0.717, 1.165) is 0 Å². The van der Waals surface area contributed by atoms with E-state index >= 15 is 0 Å². The molecule has 0 saturated carbocycles. The van der Waals surface area contributed by atoms with Gasteiger partial charge in [0.1, 0.15) is 0 Å². The molecule has 1 atom stereocenters. The molecule has 0 bridgehead atoms. The van der Waals surface area contributed by atoms with Gasteiger partial charge in [-0.3, -0.25) is 0 Å². The highest BCUT2D eigenvalue weighted by Gasteiger charge is 2.21. The average Bonchev–Trinajstić information content (AvgIpc) is 1.64. The summed E-state index contributed by atoms with van der Waals surface area (Å²) in [7, 11) is 0. The summed E-state index contributed by atoms with van der Waals surface area (Å²) < 4.78 is 12.5. The summed E-state index contributed by atoms with van der Waals surface area (Å²) in [4.78, 5) is 2.35. The van der Waals surface area contributed by atoms with E-state index in [1.165, 1.54) is 0 Å². The Hall–Kier alpha value is -0.760. The van der Waals surface area contributed by atoms with Crippen LogP contribution in [-0.4, -0.2) is 6.30 Å². The molecule has 0 rings (SSSR count). The SMILES string of the molecule is CC(C)(C)C(F)N=[N+]=[N-]. The first kappa shape index (κ1) is 8.24. The van der Waals surface area contributed by atoms with Crippen molar-refractivity contribution in [1.82, 2.24) is 0 Å². The predicted octanol–water partition coefficient (Wildman–Crippen LogP) is 2.64. The Morgan fingerprint density at radius 1 is 1.56 bits per heavy atom. The third-order valence-electron chi connectivity index (χ3n) is 0.868. The summed E-state index contributed by atoms with van der Waals surface area (Å²) in [5.41, 5.74) is 7.24. The zero-order chi connectivity index (χ0) is 7.49. The van der Waals surface area contributed by atoms with E-state index in [1.54, 1.807) is 20.8 Å². The van der Waals surface area contributed by atoms with Gasteiger partial charge in [0.2, 0.25) is 0 Å². The molecule has 0 aromatic heterocycles. The van der Waals surface area contributed by atoms with Gasteiger partial charge in [0.25, 0.3) is 0 Å². The third-order valence-corrected chi connectivity index (χ3v) is 0.868. The minimum Gasteiger partial charge on any atom is -0.241 e. The normalized spacial score (nSPS) is 14.2. The second kappa shape index (κ2) is 2.69. The third kappa shape index (κ3) is 2.93. The Balaban J connectivity index is 4.03.